The zero-order chi connectivity index (χ0) is 24.3. The number of carbonyl (C=O) groups is 1. The topological polar surface area (TPSA) is 54.0 Å². The third-order valence-corrected chi connectivity index (χ3v) is 7.21. The van der Waals surface area contributed by atoms with Crippen molar-refractivity contribution in [1.29, 1.82) is 0 Å². The molecule has 2 aromatic carbocycles. The summed E-state index contributed by atoms with van der Waals surface area (Å²) in [6.07, 6.45) is 5.05. The van der Waals surface area contributed by atoms with Crippen LogP contribution < -0.4 is 10.0 Å². The Morgan fingerprint density at radius 1 is 1.12 bits per heavy atom. The molecule has 11 heteroatoms. The highest BCUT2D eigenvalue weighted by atomic mass is 35.5. The van der Waals surface area contributed by atoms with Gasteiger partial charge in [0.1, 0.15) is 10.8 Å². The van der Waals surface area contributed by atoms with Crippen LogP contribution in [0.2, 0.25) is 5.02 Å². The molecule has 4 nitrogen and oxygen atoms in total. The summed E-state index contributed by atoms with van der Waals surface area (Å²) in [5.41, 5.74) is -2.59. The maximum absolute atomic E-state index is 14.4. The predicted molar refractivity (Wildman–Crippen MR) is 130 cm³/mol. The first-order valence-electron chi connectivity index (χ1n) is 10.6. The molecule has 0 unspecified atom stereocenters. The minimum Gasteiger partial charge on any atom is -0.349 e. The summed E-state index contributed by atoms with van der Waals surface area (Å²) in [7, 11) is 0. The summed E-state index contributed by atoms with van der Waals surface area (Å²) >= 11 is 7.20. The van der Waals surface area contributed by atoms with Gasteiger partial charge < -0.3 is 10.0 Å². The average Bonchev–Trinajstić information content (AvgIpc) is 3.28. The van der Waals surface area contributed by atoms with Crippen molar-refractivity contribution in [3.05, 3.63) is 58.2 Å². The lowest BCUT2D eigenvalue weighted by Crippen LogP contribution is -2.36. The molecule has 0 aliphatic heterocycles. The summed E-state index contributed by atoms with van der Waals surface area (Å²) in [6, 6.07) is 8.79. The molecule has 0 radical (unpaired) electrons. The van der Waals surface area contributed by atoms with Crippen LogP contribution in [0, 0.1) is 5.82 Å². The SMILES string of the molecule is O=C(NC1CCCCC1)c1cc(-c2nc(-c3ccc(NSC(F)(F)F)cc3Cl)cs2)ccc1F. The first kappa shape index (κ1) is 24.8. The molecule has 34 heavy (non-hydrogen) atoms. The number of halogens is 5. The molecule has 2 N–H and O–H groups in total. The van der Waals surface area contributed by atoms with Gasteiger partial charge in [-0.2, -0.15) is 13.2 Å². The molecule has 0 atom stereocenters. The number of benzene rings is 2. The fraction of sp³-hybridized carbons (Fsp3) is 0.304. The smallest absolute Gasteiger partial charge is 0.349 e. The van der Waals surface area contributed by atoms with Crippen molar-refractivity contribution in [2.45, 2.75) is 43.7 Å². The fourth-order valence-corrected chi connectivity index (χ4v) is 5.23. The summed E-state index contributed by atoms with van der Waals surface area (Å²) in [5.74, 6) is -1.04. The molecule has 4 rings (SSSR count). The summed E-state index contributed by atoms with van der Waals surface area (Å²) in [6.45, 7) is 0. The summed E-state index contributed by atoms with van der Waals surface area (Å²) in [5, 5.41) is 5.47. The van der Waals surface area contributed by atoms with Crippen LogP contribution in [0.5, 0.6) is 0 Å². The van der Waals surface area contributed by atoms with Gasteiger partial charge in [0.25, 0.3) is 5.91 Å². The van der Waals surface area contributed by atoms with Crippen molar-refractivity contribution >= 4 is 46.5 Å². The second kappa shape index (κ2) is 10.5. The van der Waals surface area contributed by atoms with Crippen LogP contribution in [0.4, 0.5) is 23.2 Å². The van der Waals surface area contributed by atoms with Crippen LogP contribution in [0.3, 0.4) is 0 Å². The molecule has 1 amide bonds. The third kappa shape index (κ3) is 6.22. The van der Waals surface area contributed by atoms with Gasteiger partial charge in [-0.25, -0.2) is 9.37 Å². The van der Waals surface area contributed by atoms with Crippen LogP contribution in [0.15, 0.2) is 41.8 Å². The Morgan fingerprint density at radius 2 is 1.88 bits per heavy atom. The lowest BCUT2D eigenvalue weighted by molar-refractivity contribution is -0.0323. The maximum Gasteiger partial charge on any atom is 0.461 e. The fourth-order valence-electron chi connectivity index (χ4n) is 3.78. The average molecular weight is 530 g/mol. The largest absolute Gasteiger partial charge is 0.461 e. The summed E-state index contributed by atoms with van der Waals surface area (Å²) in [4.78, 5) is 17.2. The molecular formula is C23H20ClF4N3OS2. The molecule has 0 saturated heterocycles. The Morgan fingerprint density at radius 3 is 2.59 bits per heavy atom. The molecule has 1 aliphatic rings. The number of thiazole rings is 1. The van der Waals surface area contributed by atoms with Crippen molar-refractivity contribution < 1.29 is 22.4 Å². The molecule has 180 valence electrons. The van der Waals surface area contributed by atoms with Crippen LogP contribution >= 0.6 is 34.9 Å². The normalized spacial score (nSPS) is 14.7. The summed E-state index contributed by atoms with van der Waals surface area (Å²) < 4.78 is 53.8. The Labute approximate surface area is 207 Å². The second-order valence-electron chi connectivity index (χ2n) is 7.89. The van der Waals surface area contributed by atoms with Gasteiger partial charge in [-0.15, -0.1) is 11.3 Å². The lowest BCUT2D eigenvalue weighted by atomic mass is 9.95. The number of rotatable bonds is 6. The molecular weight excluding hydrogens is 510 g/mol. The molecule has 1 aromatic heterocycles. The van der Waals surface area contributed by atoms with Crippen LogP contribution in [0.1, 0.15) is 42.5 Å². The van der Waals surface area contributed by atoms with Crippen molar-refractivity contribution in [1.82, 2.24) is 10.3 Å². The highest BCUT2D eigenvalue weighted by molar-refractivity contribution is 8.01. The number of amides is 1. The number of nitrogens with zero attached hydrogens (tertiary/aromatic N) is 1. The maximum atomic E-state index is 14.4. The van der Waals surface area contributed by atoms with Crippen molar-refractivity contribution in [2.24, 2.45) is 0 Å². The van der Waals surface area contributed by atoms with E-state index in [-0.39, 0.29) is 34.3 Å². The van der Waals surface area contributed by atoms with Crippen LogP contribution in [-0.2, 0) is 0 Å². The molecule has 0 bridgehead atoms. The van der Waals surface area contributed by atoms with Crippen LogP contribution in [0.25, 0.3) is 21.8 Å². The number of nitrogens with one attached hydrogen (secondary N) is 2. The van der Waals surface area contributed by atoms with E-state index in [4.69, 9.17) is 11.6 Å². The van der Waals surface area contributed by atoms with E-state index >= 15 is 0 Å². The zero-order valence-electron chi connectivity index (χ0n) is 17.7. The van der Waals surface area contributed by atoms with E-state index in [1.54, 1.807) is 17.5 Å². The predicted octanol–water partition coefficient (Wildman–Crippen LogP) is 7.91. The van der Waals surface area contributed by atoms with E-state index in [9.17, 15) is 22.4 Å². The quantitative estimate of drug-likeness (QED) is 0.251. The molecule has 1 aliphatic carbocycles. The van der Waals surface area contributed by atoms with Crippen molar-refractivity contribution in [3.8, 4) is 21.8 Å². The third-order valence-electron chi connectivity index (χ3n) is 5.43. The molecule has 3 aromatic rings. The second-order valence-corrected chi connectivity index (χ2v) is 10.0. The highest BCUT2D eigenvalue weighted by Gasteiger charge is 2.29. The Hall–Kier alpha value is -2.30. The van der Waals surface area contributed by atoms with Crippen molar-refractivity contribution in [2.75, 3.05) is 4.72 Å². The van der Waals surface area contributed by atoms with Gasteiger partial charge in [0, 0.05) is 28.2 Å². The number of alkyl halides is 3. The molecule has 0 spiro atoms. The van der Waals surface area contributed by atoms with Crippen molar-refractivity contribution in [3.63, 3.8) is 0 Å². The monoisotopic (exact) mass is 529 g/mol. The minimum absolute atomic E-state index is 0.0320. The Balaban J connectivity index is 1.51. The first-order chi connectivity index (χ1) is 16.2. The van der Waals surface area contributed by atoms with Gasteiger partial charge in [-0.3, -0.25) is 4.79 Å². The first-order valence-corrected chi connectivity index (χ1v) is 12.6. The highest BCUT2D eigenvalue weighted by Crippen LogP contribution is 2.36. The van der Waals surface area contributed by atoms with Gasteiger partial charge in [0.2, 0.25) is 0 Å². The number of hydrogen-bond donors (Lipinski definition) is 2. The molecule has 1 heterocycles. The standard InChI is InChI=1S/C23H20ClF4N3OS2/c24-18-11-15(31-34-23(26,27)28)7-8-16(18)20-12-33-22(30-20)13-6-9-19(25)17(10-13)21(32)29-14-4-2-1-3-5-14/h6-12,14,31H,1-5H2,(H,29,32). The van der Waals surface area contributed by atoms with E-state index in [0.29, 0.717) is 21.8 Å². The van der Waals surface area contributed by atoms with E-state index in [2.05, 4.69) is 15.0 Å². The number of anilines is 1. The van der Waals surface area contributed by atoms with Gasteiger partial charge in [-0.05, 0) is 49.2 Å². The number of hydrogen-bond acceptors (Lipinski definition) is 5. The zero-order valence-corrected chi connectivity index (χ0v) is 20.1. The lowest BCUT2D eigenvalue weighted by Gasteiger charge is -2.22. The van der Waals surface area contributed by atoms with E-state index in [1.165, 1.54) is 35.6 Å². The van der Waals surface area contributed by atoms with Gasteiger partial charge in [-0.1, -0.05) is 30.9 Å². The van der Waals surface area contributed by atoms with E-state index < -0.39 is 17.2 Å². The Kier molecular flexibility index (Phi) is 7.69. The van der Waals surface area contributed by atoms with Gasteiger partial charge in [0.05, 0.1) is 28.2 Å². The number of aromatic nitrogens is 1. The molecule has 1 saturated carbocycles. The van der Waals surface area contributed by atoms with Crippen LogP contribution in [-0.4, -0.2) is 22.4 Å². The Bertz CT molecular complexity index is 1180. The molecule has 1 fully saturated rings. The minimum atomic E-state index is -4.42. The van der Waals surface area contributed by atoms with E-state index in [1.807, 2.05) is 0 Å². The van der Waals surface area contributed by atoms with E-state index in [0.717, 1.165) is 32.1 Å². The van der Waals surface area contributed by atoms with Gasteiger partial charge >= 0.3 is 5.51 Å². The number of carbonyl (C=O) groups excluding carboxylic acids is 1. The van der Waals surface area contributed by atoms with Gasteiger partial charge in [0.15, 0.2) is 0 Å².